The Kier molecular flexibility index (Phi) is 7.87. The fourth-order valence-corrected chi connectivity index (χ4v) is 4.48. The number of amides is 1. The van der Waals surface area contributed by atoms with Gasteiger partial charge in [0, 0.05) is 24.7 Å². The number of carbonyl (C=O) groups is 1. The molecule has 0 fully saturated rings. The molecule has 0 saturated carbocycles. The van der Waals surface area contributed by atoms with Gasteiger partial charge in [-0.2, -0.15) is 0 Å². The maximum Gasteiger partial charge on any atom is 0.246 e. The molecule has 2 aromatic carbocycles. The first-order valence-electron chi connectivity index (χ1n) is 10.6. The van der Waals surface area contributed by atoms with Crippen molar-refractivity contribution >= 4 is 5.91 Å². The second kappa shape index (κ2) is 10.6. The Balaban J connectivity index is 2.00. The van der Waals surface area contributed by atoms with Crippen LogP contribution in [0.5, 0.6) is 11.5 Å². The topological polar surface area (TPSA) is 61.2 Å². The average Bonchev–Trinajstić information content (AvgIpc) is 2.78. The van der Waals surface area contributed by atoms with Crippen LogP contribution in [0.2, 0.25) is 0 Å². The van der Waals surface area contributed by atoms with E-state index < -0.39 is 0 Å². The number of rotatable bonds is 9. The van der Waals surface area contributed by atoms with E-state index in [4.69, 9.17) is 14.2 Å². The fraction of sp³-hybridized carbons (Fsp3) is 0.458. The summed E-state index contributed by atoms with van der Waals surface area (Å²) < 4.78 is 29.5. The molecule has 1 heterocycles. The van der Waals surface area contributed by atoms with E-state index in [1.54, 1.807) is 14.2 Å². The fourth-order valence-electron chi connectivity index (χ4n) is 4.48. The standard InChI is InChI=1S/C24H31FN2O4/c1-5-20(26-23(28)15-29-2)24-19-13-22(31-4)21(30-3)12-17(19)10-11-27(24)14-16-6-8-18(25)9-7-16/h6-9,12-13,20,24H,5,10-11,14-15H2,1-4H3,(H,26,28)/p+1/t20-,24-/m1/s1. The lowest BCUT2D eigenvalue weighted by Gasteiger charge is -2.39. The molecule has 0 aromatic heterocycles. The van der Waals surface area contributed by atoms with Gasteiger partial charge in [-0.15, -0.1) is 0 Å². The van der Waals surface area contributed by atoms with Crippen LogP contribution in [0.15, 0.2) is 36.4 Å². The number of fused-ring (bicyclic) bond motifs is 1. The van der Waals surface area contributed by atoms with Crippen molar-refractivity contribution in [2.45, 2.75) is 38.4 Å². The molecule has 31 heavy (non-hydrogen) atoms. The van der Waals surface area contributed by atoms with Gasteiger partial charge in [0.2, 0.25) is 5.91 Å². The van der Waals surface area contributed by atoms with E-state index in [1.807, 2.05) is 24.3 Å². The molecule has 2 N–H and O–H groups in total. The summed E-state index contributed by atoms with van der Waals surface area (Å²) in [4.78, 5) is 13.7. The monoisotopic (exact) mass is 431 g/mol. The summed E-state index contributed by atoms with van der Waals surface area (Å²) in [5.74, 6) is 1.00. The summed E-state index contributed by atoms with van der Waals surface area (Å²) in [6, 6.07) is 10.6. The molecule has 7 heteroatoms. The molecule has 0 spiro atoms. The van der Waals surface area contributed by atoms with Gasteiger partial charge in [0.05, 0.1) is 26.8 Å². The number of ether oxygens (including phenoxy) is 3. The van der Waals surface area contributed by atoms with Gasteiger partial charge in [0.1, 0.15) is 25.0 Å². The number of carbonyl (C=O) groups excluding carboxylic acids is 1. The first-order chi connectivity index (χ1) is 15.0. The van der Waals surface area contributed by atoms with Crippen molar-refractivity contribution in [1.29, 1.82) is 0 Å². The van der Waals surface area contributed by atoms with Gasteiger partial charge >= 0.3 is 0 Å². The van der Waals surface area contributed by atoms with Crippen LogP contribution in [-0.2, 0) is 22.5 Å². The average molecular weight is 432 g/mol. The van der Waals surface area contributed by atoms with Crippen LogP contribution in [-0.4, -0.2) is 46.4 Å². The molecule has 0 saturated heterocycles. The maximum absolute atomic E-state index is 13.4. The van der Waals surface area contributed by atoms with Gasteiger partial charge in [0.25, 0.3) is 0 Å². The predicted molar refractivity (Wildman–Crippen MR) is 116 cm³/mol. The number of nitrogens with one attached hydrogen (secondary N) is 2. The number of halogens is 1. The molecular weight excluding hydrogens is 399 g/mol. The van der Waals surface area contributed by atoms with Crippen molar-refractivity contribution in [2.24, 2.45) is 0 Å². The van der Waals surface area contributed by atoms with Gasteiger partial charge in [-0.05, 0) is 36.2 Å². The third kappa shape index (κ3) is 5.35. The Morgan fingerprint density at radius 2 is 1.84 bits per heavy atom. The summed E-state index contributed by atoms with van der Waals surface area (Å²) in [5.41, 5.74) is 3.40. The van der Waals surface area contributed by atoms with E-state index in [-0.39, 0.29) is 30.4 Å². The third-order valence-corrected chi connectivity index (χ3v) is 5.94. The zero-order valence-electron chi connectivity index (χ0n) is 18.7. The summed E-state index contributed by atoms with van der Waals surface area (Å²) in [6.45, 7) is 3.72. The van der Waals surface area contributed by atoms with E-state index in [9.17, 15) is 9.18 Å². The minimum Gasteiger partial charge on any atom is -0.493 e. The molecule has 1 amide bonds. The second-order valence-corrected chi connectivity index (χ2v) is 7.86. The quantitative estimate of drug-likeness (QED) is 0.638. The summed E-state index contributed by atoms with van der Waals surface area (Å²) >= 11 is 0. The van der Waals surface area contributed by atoms with Gasteiger partial charge in [-0.3, -0.25) is 4.79 Å². The SMILES string of the molecule is CC[C@@H](NC(=O)COC)[C@H]1c2cc(OC)c(OC)cc2CC[NH+]1Cc1ccc(F)cc1. The molecule has 3 rings (SSSR count). The first kappa shape index (κ1) is 23.0. The van der Waals surface area contributed by atoms with E-state index in [0.29, 0.717) is 11.5 Å². The largest absolute Gasteiger partial charge is 0.493 e. The Labute approximate surface area is 183 Å². The van der Waals surface area contributed by atoms with Crippen LogP contribution in [0.4, 0.5) is 4.39 Å². The van der Waals surface area contributed by atoms with E-state index >= 15 is 0 Å². The highest BCUT2D eigenvalue weighted by atomic mass is 19.1. The molecule has 1 aliphatic heterocycles. The third-order valence-electron chi connectivity index (χ3n) is 5.94. The molecule has 168 valence electrons. The van der Waals surface area contributed by atoms with Gasteiger partial charge in [-0.25, -0.2) is 4.39 Å². The first-order valence-corrected chi connectivity index (χ1v) is 10.6. The van der Waals surface area contributed by atoms with Crippen molar-refractivity contribution in [1.82, 2.24) is 5.32 Å². The molecule has 0 radical (unpaired) electrons. The molecule has 2 aromatic rings. The van der Waals surface area contributed by atoms with E-state index in [0.717, 1.165) is 37.1 Å². The Morgan fingerprint density at radius 1 is 1.16 bits per heavy atom. The molecular formula is C24H32FN2O4+. The Bertz CT molecular complexity index is 888. The van der Waals surface area contributed by atoms with Crippen LogP contribution < -0.4 is 19.7 Å². The predicted octanol–water partition coefficient (Wildman–Crippen LogP) is 2.07. The summed E-state index contributed by atoms with van der Waals surface area (Å²) in [5, 5.41) is 3.15. The van der Waals surface area contributed by atoms with Crippen molar-refractivity contribution in [3.05, 3.63) is 58.9 Å². The zero-order valence-corrected chi connectivity index (χ0v) is 18.7. The number of hydrogen-bond acceptors (Lipinski definition) is 4. The zero-order chi connectivity index (χ0) is 22.4. The van der Waals surface area contributed by atoms with E-state index in [1.165, 1.54) is 29.7 Å². The summed E-state index contributed by atoms with van der Waals surface area (Å²) in [6.07, 6.45) is 1.64. The van der Waals surface area contributed by atoms with Gasteiger partial charge in [0.15, 0.2) is 11.5 Å². The van der Waals surface area contributed by atoms with Crippen LogP contribution in [0, 0.1) is 5.82 Å². The van der Waals surface area contributed by atoms with Crippen molar-refractivity contribution in [3.63, 3.8) is 0 Å². The van der Waals surface area contributed by atoms with Gasteiger partial charge < -0.3 is 24.4 Å². The smallest absolute Gasteiger partial charge is 0.246 e. The summed E-state index contributed by atoms with van der Waals surface area (Å²) in [7, 11) is 4.78. The number of hydrogen-bond donors (Lipinski definition) is 2. The minimum atomic E-state index is -0.241. The number of methoxy groups -OCH3 is 3. The van der Waals surface area contributed by atoms with Gasteiger partial charge in [-0.1, -0.05) is 19.1 Å². The van der Waals surface area contributed by atoms with Crippen molar-refractivity contribution in [2.75, 3.05) is 34.5 Å². The molecule has 1 aliphatic rings. The van der Waals surface area contributed by atoms with Crippen LogP contribution in [0.3, 0.4) is 0 Å². The number of benzene rings is 2. The molecule has 3 atom stereocenters. The maximum atomic E-state index is 13.4. The minimum absolute atomic E-state index is 0.0133. The lowest BCUT2D eigenvalue weighted by molar-refractivity contribution is -0.948. The van der Waals surface area contributed by atoms with Crippen molar-refractivity contribution in [3.8, 4) is 11.5 Å². The van der Waals surface area contributed by atoms with Crippen LogP contribution >= 0.6 is 0 Å². The van der Waals surface area contributed by atoms with Crippen LogP contribution in [0.25, 0.3) is 0 Å². The Hall–Kier alpha value is -2.64. The lowest BCUT2D eigenvalue weighted by Crippen LogP contribution is -3.13. The molecule has 1 unspecified atom stereocenters. The second-order valence-electron chi connectivity index (χ2n) is 7.86. The molecule has 6 nitrogen and oxygen atoms in total. The van der Waals surface area contributed by atoms with Crippen LogP contribution in [0.1, 0.15) is 36.1 Å². The van der Waals surface area contributed by atoms with Crippen molar-refractivity contribution < 1.29 is 28.3 Å². The highest BCUT2D eigenvalue weighted by Crippen LogP contribution is 2.35. The molecule has 0 bridgehead atoms. The lowest BCUT2D eigenvalue weighted by atomic mass is 9.86. The normalized spacial score (nSPS) is 18.7. The molecule has 0 aliphatic carbocycles. The highest BCUT2D eigenvalue weighted by Gasteiger charge is 2.38. The van der Waals surface area contributed by atoms with E-state index in [2.05, 4.69) is 12.2 Å². The highest BCUT2D eigenvalue weighted by molar-refractivity contribution is 5.77. The Morgan fingerprint density at radius 3 is 2.45 bits per heavy atom. The number of quaternary nitrogens is 1.